The van der Waals surface area contributed by atoms with Crippen molar-refractivity contribution in [2.75, 3.05) is 6.61 Å². The van der Waals surface area contributed by atoms with E-state index >= 15 is 0 Å². The van der Waals surface area contributed by atoms with Gasteiger partial charge in [0.05, 0.1) is 6.61 Å². The van der Waals surface area contributed by atoms with Gasteiger partial charge in [0, 0.05) is 5.54 Å². The number of aliphatic hydroxyl groups excluding tert-OH is 1. The van der Waals surface area contributed by atoms with Gasteiger partial charge in [-0.25, -0.2) is 0 Å². The average molecular weight is 207 g/mol. The quantitative estimate of drug-likeness (QED) is 0.794. The molecule has 0 aliphatic heterocycles. The molecule has 0 aliphatic carbocycles. The Hall–Kier alpha value is -0.860. The standard InChI is InChI=1S/C13H21NO/c1-10(2)12-6-4-5-11(7-12)8-13(3,14)9-15/h4-7,10,15H,8-9,14H2,1-3H3. The van der Waals surface area contributed by atoms with Crippen LogP contribution in [0.3, 0.4) is 0 Å². The van der Waals surface area contributed by atoms with Gasteiger partial charge in [-0.3, -0.25) is 0 Å². The molecule has 0 radical (unpaired) electrons. The van der Waals surface area contributed by atoms with E-state index in [1.807, 2.05) is 6.92 Å². The van der Waals surface area contributed by atoms with Crippen LogP contribution in [0.25, 0.3) is 0 Å². The van der Waals surface area contributed by atoms with Crippen LogP contribution >= 0.6 is 0 Å². The van der Waals surface area contributed by atoms with Gasteiger partial charge in [0.15, 0.2) is 0 Å². The van der Waals surface area contributed by atoms with Gasteiger partial charge in [0.25, 0.3) is 0 Å². The van der Waals surface area contributed by atoms with Crippen LogP contribution in [0.5, 0.6) is 0 Å². The first-order chi connectivity index (χ1) is 6.94. The number of hydrogen-bond acceptors (Lipinski definition) is 2. The summed E-state index contributed by atoms with van der Waals surface area (Å²) in [5.74, 6) is 0.531. The van der Waals surface area contributed by atoms with Crippen molar-refractivity contribution >= 4 is 0 Å². The van der Waals surface area contributed by atoms with Gasteiger partial charge in [0.2, 0.25) is 0 Å². The van der Waals surface area contributed by atoms with E-state index in [1.54, 1.807) is 0 Å². The van der Waals surface area contributed by atoms with E-state index in [1.165, 1.54) is 11.1 Å². The number of rotatable bonds is 4. The Morgan fingerprint density at radius 2 is 2.07 bits per heavy atom. The summed E-state index contributed by atoms with van der Waals surface area (Å²) in [5, 5.41) is 9.11. The number of hydrogen-bond donors (Lipinski definition) is 2. The van der Waals surface area contributed by atoms with Gasteiger partial charge in [-0.2, -0.15) is 0 Å². The predicted octanol–water partition coefficient (Wildman–Crippen LogP) is 2.06. The molecular formula is C13H21NO. The van der Waals surface area contributed by atoms with Crippen LogP contribution in [-0.4, -0.2) is 17.3 Å². The van der Waals surface area contributed by atoms with Crippen molar-refractivity contribution in [3.8, 4) is 0 Å². The molecule has 0 saturated carbocycles. The van der Waals surface area contributed by atoms with E-state index in [-0.39, 0.29) is 6.61 Å². The number of aliphatic hydroxyl groups is 1. The minimum Gasteiger partial charge on any atom is -0.394 e. The van der Waals surface area contributed by atoms with Crippen molar-refractivity contribution in [2.24, 2.45) is 5.73 Å². The first-order valence-corrected chi connectivity index (χ1v) is 5.43. The minimum atomic E-state index is -0.518. The van der Waals surface area contributed by atoms with Crippen LogP contribution in [0.4, 0.5) is 0 Å². The SMILES string of the molecule is CC(C)c1cccc(CC(C)(N)CO)c1. The summed E-state index contributed by atoms with van der Waals surface area (Å²) in [6.45, 7) is 6.23. The summed E-state index contributed by atoms with van der Waals surface area (Å²) in [7, 11) is 0. The fourth-order valence-electron chi connectivity index (χ4n) is 1.58. The first-order valence-electron chi connectivity index (χ1n) is 5.43. The highest BCUT2D eigenvalue weighted by Crippen LogP contribution is 2.18. The molecule has 2 heteroatoms. The van der Waals surface area contributed by atoms with E-state index in [0.29, 0.717) is 12.3 Å². The summed E-state index contributed by atoms with van der Waals surface area (Å²) in [5.41, 5.74) is 7.92. The van der Waals surface area contributed by atoms with E-state index in [0.717, 1.165) is 0 Å². The van der Waals surface area contributed by atoms with E-state index < -0.39 is 5.54 Å². The normalized spacial score (nSPS) is 15.3. The van der Waals surface area contributed by atoms with Crippen molar-refractivity contribution in [1.29, 1.82) is 0 Å². The van der Waals surface area contributed by atoms with E-state index in [9.17, 15) is 0 Å². The highest BCUT2D eigenvalue weighted by atomic mass is 16.3. The van der Waals surface area contributed by atoms with Crippen molar-refractivity contribution < 1.29 is 5.11 Å². The molecule has 1 atom stereocenters. The largest absolute Gasteiger partial charge is 0.394 e. The molecule has 0 fully saturated rings. The first kappa shape index (κ1) is 12.2. The van der Waals surface area contributed by atoms with Crippen molar-refractivity contribution in [2.45, 2.75) is 38.6 Å². The van der Waals surface area contributed by atoms with Crippen LogP contribution in [0.2, 0.25) is 0 Å². The molecule has 1 aromatic rings. The van der Waals surface area contributed by atoms with Crippen molar-refractivity contribution in [1.82, 2.24) is 0 Å². The third-order valence-corrected chi connectivity index (χ3v) is 2.59. The van der Waals surface area contributed by atoms with Crippen LogP contribution in [0.1, 0.15) is 37.8 Å². The van der Waals surface area contributed by atoms with Gasteiger partial charge >= 0.3 is 0 Å². The van der Waals surface area contributed by atoms with E-state index in [4.69, 9.17) is 10.8 Å². The van der Waals surface area contributed by atoms with Crippen LogP contribution in [0.15, 0.2) is 24.3 Å². The Kier molecular flexibility index (Phi) is 3.89. The van der Waals surface area contributed by atoms with Crippen LogP contribution in [0, 0.1) is 0 Å². The maximum Gasteiger partial charge on any atom is 0.0611 e. The lowest BCUT2D eigenvalue weighted by Gasteiger charge is -2.22. The molecule has 1 aromatic carbocycles. The highest BCUT2D eigenvalue weighted by molar-refractivity contribution is 5.27. The highest BCUT2D eigenvalue weighted by Gasteiger charge is 2.17. The Labute approximate surface area is 92.1 Å². The second-order valence-corrected chi connectivity index (χ2v) is 4.89. The molecule has 1 unspecified atom stereocenters. The molecule has 1 rings (SSSR count). The molecular weight excluding hydrogens is 186 g/mol. The maximum atomic E-state index is 9.11. The smallest absolute Gasteiger partial charge is 0.0611 e. The number of nitrogens with two attached hydrogens (primary N) is 1. The van der Waals surface area contributed by atoms with E-state index in [2.05, 4.69) is 38.1 Å². The molecule has 84 valence electrons. The average Bonchev–Trinajstić information content (AvgIpc) is 2.17. The monoisotopic (exact) mass is 207 g/mol. The Bertz CT molecular complexity index is 318. The second-order valence-electron chi connectivity index (χ2n) is 4.89. The van der Waals surface area contributed by atoms with Crippen LogP contribution in [-0.2, 0) is 6.42 Å². The minimum absolute atomic E-state index is 0.0128. The predicted molar refractivity (Wildman–Crippen MR) is 63.9 cm³/mol. The Morgan fingerprint density at radius 3 is 2.60 bits per heavy atom. The molecule has 15 heavy (non-hydrogen) atoms. The summed E-state index contributed by atoms with van der Waals surface area (Å²) < 4.78 is 0. The molecule has 0 amide bonds. The second kappa shape index (κ2) is 4.77. The Balaban J connectivity index is 2.82. The molecule has 0 bridgehead atoms. The van der Waals surface area contributed by atoms with Gasteiger partial charge in [-0.05, 0) is 30.4 Å². The zero-order valence-corrected chi connectivity index (χ0v) is 9.83. The molecule has 0 saturated heterocycles. The summed E-state index contributed by atoms with van der Waals surface area (Å²) in [4.78, 5) is 0. The molecule has 0 heterocycles. The number of benzene rings is 1. The maximum absolute atomic E-state index is 9.11. The zero-order chi connectivity index (χ0) is 11.5. The third kappa shape index (κ3) is 3.65. The lowest BCUT2D eigenvalue weighted by molar-refractivity contribution is 0.208. The molecule has 0 aliphatic rings. The van der Waals surface area contributed by atoms with Crippen molar-refractivity contribution in [3.63, 3.8) is 0 Å². The summed E-state index contributed by atoms with van der Waals surface area (Å²) in [6.07, 6.45) is 0.712. The van der Waals surface area contributed by atoms with Crippen LogP contribution < -0.4 is 5.73 Å². The van der Waals surface area contributed by atoms with Gasteiger partial charge in [-0.15, -0.1) is 0 Å². The lowest BCUT2D eigenvalue weighted by atomic mass is 9.92. The van der Waals surface area contributed by atoms with Crippen molar-refractivity contribution in [3.05, 3.63) is 35.4 Å². The van der Waals surface area contributed by atoms with Gasteiger partial charge in [0.1, 0.15) is 0 Å². The fraction of sp³-hybridized carbons (Fsp3) is 0.538. The third-order valence-electron chi connectivity index (χ3n) is 2.59. The molecule has 3 N–H and O–H groups in total. The Morgan fingerprint density at radius 1 is 1.40 bits per heavy atom. The topological polar surface area (TPSA) is 46.2 Å². The zero-order valence-electron chi connectivity index (χ0n) is 9.83. The lowest BCUT2D eigenvalue weighted by Crippen LogP contribution is -2.42. The van der Waals surface area contributed by atoms with Gasteiger partial charge < -0.3 is 10.8 Å². The summed E-state index contributed by atoms with van der Waals surface area (Å²) in [6, 6.07) is 8.41. The molecule has 0 spiro atoms. The fourth-order valence-corrected chi connectivity index (χ4v) is 1.58. The summed E-state index contributed by atoms with van der Waals surface area (Å²) >= 11 is 0. The molecule has 2 nitrogen and oxygen atoms in total. The molecule has 0 aromatic heterocycles. The van der Waals surface area contributed by atoms with Gasteiger partial charge in [-0.1, -0.05) is 38.1 Å².